The first-order valence-corrected chi connectivity index (χ1v) is 12.6. The van der Waals surface area contributed by atoms with Crippen molar-refractivity contribution in [3.8, 4) is 5.75 Å². The van der Waals surface area contributed by atoms with E-state index in [0.29, 0.717) is 43.3 Å². The van der Waals surface area contributed by atoms with Crippen LogP contribution in [0.1, 0.15) is 27.2 Å². The number of rotatable bonds is 6. The summed E-state index contributed by atoms with van der Waals surface area (Å²) in [5.74, 6) is 0.364. The highest BCUT2D eigenvalue weighted by molar-refractivity contribution is 8.00. The first-order chi connectivity index (χ1) is 17.3. The topological polar surface area (TPSA) is 93.3 Å². The van der Waals surface area contributed by atoms with Crippen LogP contribution < -0.4 is 10.1 Å². The summed E-state index contributed by atoms with van der Waals surface area (Å²) < 4.78 is 11.0. The molecule has 1 aliphatic rings. The number of nitrogens with one attached hydrogen (secondary N) is 2. The van der Waals surface area contributed by atoms with Gasteiger partial charge in [-0.2, -0.15) is 0 Å². The fourth-order valence-corrected chi connectivity index (χ4v) is 5.22. The van der Waals surface area contributed by atoms with Crippen LogP contribution in [-0.2, 0) is 9.53 Å². The highest BCUT2D eigenvalue weighted by atomic mass is 35.5. The zero-order valence-corrected chi connectivity index (χ0v) is 21.5. The third kappa shape index (κ3) is 4.80. The number of fused-ring (bicyclic) bond motifs is 2. The van der Waals surface area contributed by atoms with Crippen molar-refractivity contribution in [2.45, 2.75) is 11.9 Å². The van der Waals surface area contributed by atoms with Gasteiger partial charge in [-0.3, -0.25) is 4.79 Å². The van der Waals surface area contributed by atoms with Gasteiger partial charge in [0.25, 0.3) is 0 Å². The van der Waals surface area contributed by atoms with E-state index in [0.717, 1.165) is 34.0 Å². The van der Waals surface area contributed by atoms with E-state index in [4.69, 9.17) is 32.7 Å². The lowest BCUT2D eigenvalue weighted by atomic mass is 10.1. The zero-order chi connectivity index (χ0) is 25.4. The lowest BCUT2D eigenvalue weighted by Gasteiger charge is -2.09. The summed E-state index contributed by atoms with van der Waals surface area (Å²) in [4.78, 5) is 33.1. The maximum atomic E-state index is 12.8. The molecule has 5 rings (SSSR count). The van der Waals surface area contributed by atoms with E-state index in [2.05, 4.69) is 15.3 Å². The summed E-state index contributed by atoms with van der Waals surface area (Å²) >= 11 is 13.2. The summed E-state index contributed by atoms with van der Waals surface area (Å²) in [6.07, 6.45) is 3.66. The molecule has 7 nitrogen and oxygen atoms in total. The molecular weight excluding hydrogens is 521 g/mol. The number of carbonyl (C=O) groups is 2. The number of ether oxygens (including phenoxy) is 2. The minimum Gasteiger partial charge on any atom is -0.497 e. The number of hydrogen-bond acceptors (Lipinski definition) is 6. The summed E-state index contributed by atoms with van der Waals surface area (Å²) in [5.41, 5.74) is 3.90. The van der Waals surface area contributed by atoms with Crippen LogP contribution in [0, 0.1) is 6.92 Å². The maximum Gasteiger partial charge on any atom is 0.347 e. The minimum atomic E-state index is -0.509. The number of aromatic amines is 1. The van der Waals surface area contributed by atoms with Gasteiger partial charge in [0.2, 0.25) is 5.91 Å². The van der Waals surface area contributed by atoms with Crippen molar-refractivity contribution in [3.63, 3.8) is 0 Å². The van der Waals surface area contributed by atoms with Gasteiger partial charge in [0.05, 0.1) is 23.6 Å². The molecule has 0 aliphatic carbocycles. The first-order valence-electron chi connectivity index (χ1n) is 10.8. The Morgan fingerprint density at radius 3 is 2.83 bits per heavy atom. The average molecular weight is 540 g/mol. The molecule has 2 aromatic carbocycles. The van der Waals surface area contributed by atoms with Gasteiger partial charge in [-0.05, 0) is 55.5 Å². The van der Waals surface area contributed by atoms with Crippen LogP contribution in [-0.4, -0.2) is 34.7 Å². The van der Waals surface area contributed by atoms with Crippen molar-refractivity contribution in [1.82, 2.24) is 9.97 Å². The van der Waals surface area contributed by atoms with E-state index in [9.17, 15) is 9.59 Å². The van der Waals surface area contributed by atoms with E-state index in [-0.39, 0.29) is 11.7 Å². The second-order valence-electron chi connectivity index (χ2n) is 8.01. The SMILES string of the molecule is COc1ccc2[nH]cc(C=C3OC(=O)c4c3cc(C)nc4SCC(=O)Nc3ccc(Cl)cc3Cl)c2c1. The standard InChI is InChI=1S/C26H19Cl2N3O4S/c1-13-7-18-22(8-14-11-29-20-6-4-16(34-2)10-17(14)20)35-26(33)24(18)25(30-13)36-12-23(32)31-21-5-3-15(27)9-19(21)28/h3-11,29H,12H2,1-2H3,(H,31,32). The number of amides is 1. The lowest BCUT2D eigenvalue weighted by Crippen LogP contribution is -2.15. The van der Waals surface area contributed by atoms with Gasteiger partial charge in [0.15, 0.2) is 0 Å². The summed E-state index contributed by atoms with van der Waals surface area (Å²) in [6.45, 7) is 1.83. The molecule has 36 heavy (non-hydrogen) atoms. The third-order valence-corrected chi connectivity index (χ3v) is 7.06. The van der Waals surface area contributed by atoms with Crippen LogP contribution in [0.25, 0.3) is 22.7 Å². The molecule has 4 aromatic rings. The monoisotopic (exact) mass is 539 g/mol. The number of nitrogens with zero attached hydrogens (tertiary/aromatic N) is 1. The third-order valence-electron chi connectivity index (χ3n) is 5.54. The van der Waals surface area contributed by atoms with Crippen LogP contribution in [0.15, 0.2) is 53.7 Å². The minimum absolute atomic E-state index is 0.0242. The number of cyclic esters (lactones) is 1. The molecule has 2 aromatic heterocycles. The molecule has 2 N–H and O–H groups in total. The number of pyridine rings is 1. The number of H-pyrrole nitrogens is 1. The quantitative estimate of drug-likeness (QED) is 0.212. The second kappa shape index (κ2) is 9.89. The molecule has 182 valence electrons. The van der Waals surface area contributed by atoms with Gasteiger partial charge in [-0.1, -0.05) is 35.0 Å². The lowest BCUT2D eigenvalue weighted by molar-refractivity contribution is -0.113. The van der Waals surface area contributed by atoms with Gasteiger partial charge in [-0.25, -0.2) is 9.78 Å². The normalized spacial score (nSPS) is 13.7. The smallest absolute Gasteiger partial charge is 0.347 e. The molecule has 3 heterocycles. The van der Waals surface area contributed by atoms with Gasteiger partial charge in [-0.15, -0.1) is 0 Å². The Hall–Kier alpha value is -3.46. The van der Waals surface area contributed by atoms with Gasteiger partial charge in [0.1, 0.15) is 22.1 Å². The van der Waals surface area contributed by atoms with E-state index in [1.165, 1.54) is 0 Å². The van der Waals surface area contributed by atoms with Crippen molar-refractivity contribution in [2.24, 2.45) is 0 Å². The van der Waals surface area contributed by atoms with Gasteiger partial charge < -0.3 is 19.8 Å². The predicted octanol–water partition coefficient (Wildman–Crippen LogP) is 6.59. The first kappa shape index (κ1) is 24.2. The van der Waals surface area contributed by atoms with Crippen molar-refractivity contribution >= 4 is 75.3 Å². The van der Waals surface area contributed by atoms with Crippen molar-refractivity contribution in [3.05, 3.63) is 81.1 Å². The molecule has 0 saturated carbocycles. The fraction of sp³-hybridized carbons (Fsp3) is 0.115. The maximum absolute atomic E-state index is 12.8. The van der Waals surface area contributed by atoms with E-state index in [1.54, 1.807) is 31.4 Å². The highest BCUT2D eigenvalue weighted by Gasteiger charge is 2.31. The molecular formula is C26H19Cl2N3O4S. The Kier molecular flexibility index (Phi) is 6.66. The van der Waals surface area contributed by atoms with Crippen molar-refractivity contribution in [2.75, 3.05) is 18.2 Å². The van der Waals surface area contributed by atoms with E-state index < -0.39 is 5.97 Å². The van der Waals surface area contributed by atoms with Crippen LogP contribution in [0.2, 0.25) is 10.0 Å². The van der Waals surface area contributed by atoms with Crippen LogP contribution in [0.5, 0.6) is 5.75 Å². The molecule has 0 radical (unpaired) electrons. The number of carbonyl (C=O) groups excluding carboxylic acids is 2. The Morgan fingerprint density at radius 1 is 1.22 bits per heavy atom. The van der Waals surface area contributed by atoms with Crippen molar-refractivity contribution in [1.29, 1.82) is 0 Å². The number of aryl methyl sites for hydroxylation is 1. The zero-order valence-electron chi connectivity index (χ0n) is 19.1. The summed E-state index contributed by atoms with van der Waals surface area (Å²) in [6, 6.07) is 12.3. The Morgan fingerprint density at radius 2 is 2.06 bits per heavy atom. The van der Waals surface area contributed by atoms with E-state index in [1.807, 2.05) is 37.4 Å². The number of aromatic nitrogens is 2. The number of thioether (sulfide) groups is 1. The Balaban J connectivity index is 1.41. The molecule has 1 amide bonds. The average Bonchev–Trinajstić information content (AvgIpc) is 3.39. The fourth-order valence-electron chi connectivity index (χ4n) is 3.87. The molecule has 0 unspecified atom stereocenters. The molecule has 0 saturated heterocycles. The summed E-state index contributed by atoms with van der Waals surface area (Å²) in [5, 5.41) is 4.92. The molecule has 0 fully saturated rings. The van der Waals surface area contributed by atoms with E-state index >= 15 is 0 Å². The number of benzene rings is 2. The molecule has 1 aliphatic heterocycles. The van der Waals surface area contributed by atoms with Crippen LogP contribution >= 0.6 is 35.0 Å². The predicted molar refractivity (Wildman–Crippen MR) is 143 cm³/mol. The Bertz CT molecular complexity index is 1560. The molecule has 0 atom stereocenters. The summed E-state index contributed by atoms with van der Waals surface area (Å²) in [7, 11) is 1.61. The molecule has 0 bridgehead atoms. The number of halogens is 2. The molecule has 0 spiro atoms. The second-order valence-corrected chi connectivity index (χ2v) is 9.81. The Labute approximate surface area is 220 Å². The largest absolute Gasteiger partial charge is 0.497 e. The number of anilines is 1. The number of methoxy groups -OCH3 is 1. The molecule has 10 heteroatoms. The van der Waals surface area contributed by atoms with Crippen LogP contribution in [0.3, 0.4) is 0 Å². The number of hydrogen-bond donors (Lipinski definition) is 2. The van der Waals surface area contributed by atoms with Gasteiger partial charge >= 0.3 is 5.97 Å². The highest BCUT2D eigenvalue weighted by Crippen LogP contribution is 2.38. The number of esters is 1. The van der Waals surface area contributed by atoms with Crippen LogP contribution in [0.4, 0.5) is 5.69 Å². The van der Waals surface area contributed by atoms with Gasteiger partial charge in [0, 0.05) is 38.9 Å². The van der Waals surface area contributed by atoms with Crippen molar-refractivity contribution < 1.29 is 19.1 Å².